The van der Waals surface area contributed by atoms with Gasteiger partial charge < -0.3 is 5.73 Å². The van der Waals surface area contributed by atoms with Crippen LogP contribution in [0.3, 0.4) is 0 Å². The summed E-state index contributed by atoms with van der Waals surface area (Å²) in [5, 5.41) is 2.14. The van der Waals surface area contributed by atoms with Crippen LogP contribution in [-0.4, -0.2) is 54.6 Å². The van der Waals surface area contributed by atoms with Gasteiger partial charge in [-0.3, -0.25) is 9.80 Å². The maximum absolute atomic E-state index is 6.36. The summed E-state index contributed by atoms with van der Waals surface area (Å²) in [4.78, 5) is 6.56. The number of fused-ring (bicyclic) bond motifs is 3. The molecule has 2 N–H and O–H groups in total. The largest absolute Gasteiger partial charge is 0.326 e. The topological polar surface area (TPSA) is 32.5 Å². The molecule has 2 bridgehead atoms. The maximum atomic E-state index is 6.36. The number of rotatable bonds is 3. The molecule has 88 valence electrons. The molecule has 4 rings (SSSR count). The number of hydrogen-bond acceptors (Lipinski definition) is 4. The molecule has 1 aromatic heterocycles. The number of nitrogens with two attached hydrogens (primary N) is 1. The third-order valence-electron chi connectivity index (χ3n) is 3.83. The Hall–Kier alpha value is -0.420. The van der Waals surface area contributed by atoms with Gasteiger partial charge in [-0.1, -0.05) is 6.07 Å². The summed E-state index contributed by atoms with van der Waals surface area (Å²) >= 11 is 1.82. The summed E-state index contributed by atoms with van der Waals surface area (Å²) in [6.45, 7) is 6.07. The van der Waals surface area contributed by atoms with Crippen LogP contribution in [0.2, 0.25) is 0 Å². The molecule has 3 aliphatic heterocycles. The molecule has 2 unspecified atom stereocenters. The molecule has 0 spiro atoms. The molecule has 3 fully saturated rings. The van der Waals surface area contributed by atoms with E-state index in [1.54, 1.807) is 0 Å². The molecular formula is C12H19N3S. The van der Waals surface area contributed by atoms with Crippen molar-refractivity contribution in [1.29, 1.82) is 0 Å². The second-order valence-corrected chi connectivity index (χ2v) is 5.88. The first-order chi connectivity index (χ1) is 7.83. The minimum atomic E-state index is 0.293. The lowest BCUT2D eigenvalue weighted by molar-refractivity contribution is 0.00268. The zero-order valence-electron chi connectivity index (χ0n) is 9.51. The van der Waals surface area contributed by atoms with Gasteiger partial charge in [0.2, 0.25) is 0 Å². The summed E-state index contributed by atoms with van der Waals surface area (Å²) in [5.41, 5.74) is 6.36. The molecule has 1 aromatic rings. The van der Waals surface area contributed by atoms with Gasteiger partial charge in [0.1, 0.15) is 0 Å². The quantitative estimate of drug-likeness (QED) is 0.836. The van der Waals surface area contributed by atoms with Crippen LogP contribution in [0.1, 0.15) is 4.88 Å². The Morgan fingerprint density at radius 2 is 2.19 bits per heavy atom. The molecule has 0 amide bonds. The fourth-order valence-corrected chi connectivity index (χ4v) is 3.64. The van der Waals surface area contributed by atoms with Crippen molar-refractivity contribution >= 4 is 11.3 Å². The van der Waals surface area contributed by atoms with Crippen LogP contribution in [0, 0.1) is 0 Å². The van der Waals surface area contributed by atoms with E-state index in [2.05, 4.69) is 27.3 Å². The molecule has 0 saturated carbocycles. The Labute approximate surface area is 101 Å². The van der Waals surface area contributed by atoms with Crippen LogP contribution in [0.5, 0.6) is 0 Å². The van der Waals surface area contributed by atoms with E-state index in [9.17, 15) is 0 Å². The van der Waals surface area contributed by atoms with Crippen molar-refractivity contribution < 1.29 is 0 Å². The maximum Gasteiger partial charge on any atom is 0.0379 e. The predicted molar refractivity (Wildman–Crippen MR) is 67.8 cm³/mol. The molecular weight excluding hydrogens is 218 g/mol. The van der Waals surface area contributed by atoms with Crippen LogP contribution in [0.25, 0.3) is 0 Å². The van der Waals surface area contributed by atoms with Crippen molar-refractivity contribution in [3.05, 3.63) is 22.4 Å². The molecule has 0 radical (unpaired) electrons. The van der Waals surface area contributed by atoms with E-state index in [0.29, 0.717) is 12.1 Å². The summed E-state index contributed by atoms with van der Waals surface area (Å²) in [6, 6.07) is 5.18. The summed E-state index contributed by atoms with van der Waals surface area (Å²) in [6.07, 6.45) is 1.03. The number of piperazine rings is 3. The van der Waals surface area contributed by atoms with Crippen LogP contribution in [-0.2, 0) is 6.42 Å². The summed E-state index contributed by atoms with van der Waals surface area (Å²) in [7, 11) is 0. The third-order valence-corrected chi connectivity index (χ3v) is 4.73. The summed E-state index contributed by atoms with van der Waals surface area (Å²) < 4.78 is 0. The Bertz CT molecular complexity index is 330. The van der Waals surface area contributed by atoms with Gasteiger partial charge in [0, 0.05) is 49.7 Å². The number of hydrogen-bond donors (Lipinski definition) is 1. The smallest absolute Gasteiger partial charge is 0.0379 e. The highest BCUT2D eigenvalue weighted by Crippen LogP contribution is 2.20. The van der Waals surface area contributed by atoms with Gasteiger partial charge in [-0.05, 0) is 17.9 Å². The van der Waals surface area contributed by atoms with Crippen molar-refractivity contribution in [2.75, 3.05) is 32.7 Å². The highest BCUT2D eigenvalue weighted by molar-refractivity contribution is 7.09. The van der Waals surface area contributed by atoms with E-state index in [-0.39, 0.29) is 0 Å². The second-order valence-electron chi connectivity index (χ2n) is 4.85. The monoisotopic (exact) mass is 237 g/mol. The molecule has 3 saturated heterocycles. The van der Waals surface area contributed by atoms with E-state index in [1.165, 1.54) is 37.6 Å². The zero-order valence-corrected chi connectivity index (χ0v) is 10.3. The Balaban J connectivity index is 1.64. The molecule has 2 atom stereocenters. The zero-order chi connectivity index (χ0) is 11.0. The lowest BCUT2D eigenvalue weighted by Crippen LogP contribution is -2.66. The van der Waals surface area contributed by atoms with Gasteiger partial charge in [0.05, 0.1) is 0 Å². The molecule has 3 nitrogen and oxygen atoms in total. The number of nitrogens with zero attached hydrogens (tertiary/aromatic N) is 2. The van der Waals surface area contributed by atoms with Crippen molar-refractivity contribution in [2.24, 2.45) is 5.73 Å². The van der Waals surface area contributed by atoms with E-state index in [0.717, 1.165) is 6.42 Å². The van der Waals surface area contributed by atoms with Crippen molar-refractivity contribution in [1.82, 2.24) is 9.80 Å². The van der Waals surface area contributed by atoms with Gasteiger partial charge in [0.25, 0.3) is 0 Å². The minimum Gasteiger partial charge on any atom is -0.326 e. The first-order valence-electron chi connectivity index (χ1n) is 6.07. The standard InChI is InChI=1S/C12H19N3S/c13-11(8-10-2-1-7-16-10)12-9-14-3-5-15(12)6-4-14/h1-2,7,11-12H,3-6,8-9,13H2. The van der Waals surface area contributed by atoms with Crippen molar-refractivity contribution in [3.8, 4) is 0 Å². The summed E-state index contributed by atoms with van der Waals surface area (Å²) in [5.74, 6) is 0. The van der Waals surface area contributed by atoms with Gasteiger partial charge in [-0.15, -0.1) is 11.3 Å². The molecule has 4 heterocycles. The highest BCUT2D eigenvalue weighted by Gasteiger charge is 2.35. The lowest BCUT2D eigenvalue weighted by Gasteiger charge is -2.49. The van der Waals surface area contributed by atoms with Gasteiger partial charge in [0.15, 0.2) is 0 Å². The number of thiophene rings is 1. The Morgan fingerprint density at radius 3 is 2.75 bits per heavy atom. The van der Waals surface area contributed by atoms with E-state index in [4.69, 9.17) is 5.73 Å². The van der Waals surface area contributed by atoms with Gasteiger partial charge in [-0.25, -0.2) is 0 Å². The first-order valence-corrected chi connectivity index (χ1v) is 6.95. The van der Waals surface area contributed by atoms with E-state index in [1.807, 2.05) is 11.3 Å². The van der Waals surface area contributed by atoms with Crippen molar-refractivity contribution in [2.45, 2.75) is 18.5 Å². The van der Waals surface area contributed by atoms with Crippen LogP contribution in [0.15, 0.2) is 17.5 Å². The van der Waals surface area contributed by atoms with Gasteiger partial charge >= 0.3 is 0 Å². The average Bonchev–Trinajstić information content (AvgIpc) is 2.83. The predicted octanol–water partition coefficient (Wildman–Crippen LogP) is 0.618. The second kappa shape index (κ2) is 4.45. The fourth-order valence-electron chi connectivity index (χ4n) is 2.86. The Kier molecular flexibility index (Phi) is 2.98. The fraction of sp³-hybridized carbons (Fsp3) is 0.667. The first kappa shape index (κ1) is 10.7. The van der Waals surface area contributed by atoms with Crippen LogP contribution >= 0.6 is 11.3 Å². The van der Waals surface area contributed by atoms with Crippen LogP contribution < -0.4 is 5.73 Å². The SMILES string of the molecule is NC(Cc1cccs1)C1CN2CCN1CC2. The third kappa shape index (κ3) is 2.02. The molecule has 0 aromatic carbocycles. The molecule has 3 aliphatic rings. The van der Waals surface area contributed by atoms with Crippen molar-refractivity contribution in [3.63, 3.8) is 0 Å². The molecule has 0 aliphatic carbocycles. The van der Waals surface area contributed by atoms with E-state index >= 15 is 0 Å². The lowest BCUT2D eigenvalue weighted by atomic mass is 9.98. The Morgan fingerprint density at radius 1 is 1.38 bits per heavy atom. The average molecular weight is 237 g/mol. The normalized spacial score (nSPS) is 35.2. The highest BCUT2D eigenvalue weighted by atomic mass is 32.1. The van der Waals surface area contributed by atoms with Crippen LogP contribution in [0.4, 0.5) is 0 Å². The van der Waals surface area contributed by atoms with E-state index < -0.39 is 0 Å². The molecule has 16 heavy (non-hydrogen) atoms. The molecule has 4 heteroatoms. The minimum absolute atomic E-state index is 0.293. The van der Waals surface area contributed by atoms with Gasteiger partial charge in [-0.2, -0.15) is 0 Å².